The van der Waals surface area contributed by atoms with E-state index in [-0.39, 0.29) is 6.61 Å². The van der Waals surface area contributed by atoms with Gasteiger partial charge in [-0.3, -0.25) is 0 Å². The molecule has 0 bridgehead atoms. The summed E-state index contributed by atoms with van der Waals surface area (Å²) < 4.78 is 5.69. The smallest absolute Gasteiger partial charge is 0.133 e. The summed E-state index contributed by atoms with van der Waals surface area (Å²) in [5.74, 6) is 3.61. The van der Waals surface area contributed by atoms with Crippen LogP contribution in [0.5, 0.6) is 5.75 Å². The number of ether oxygens (including phenoxy) is 1. The van der Waals surface area contributed by atoms with Crippen molar-refractivity contribution >= 4 is 17.6 Å². The number of nitrogens with zero attached hydrogens (tertiary/aromatic N) is 3. The molecule has 1 aromatic carbocycles. The van der Waals surface area contributed by atoms with Gasteiger partial charge in [-0.25, -0.2) is 4.98 Å². The number of hydrogen-bond donors (Lipinski definition) is 1. The first kappa shape index (κ1) is 20.5. The van der Waals surface area contributed by atoms with Crippen LogP contribution in [0.3, 0.4) is 0 Å². The van der Waals surface area contributed by atoms with E-state index in [1.54, 1.807) is 13.8 Å². The summed E-state index contributed by atoms with van der Waals surface area (Å²) in [4.78, 5) is 11.4. The van der Waals surface area contributed by atoms with Crippen molar-refractivity contribution < 1.29 is 9.84 Å². The lowest BCUT2D eigenvalue weighted by molar-refractivity contribution is 0.0285. The van der Waals surface area contributed by atoms with Gasteiger partial charge in [-0.1, -0.05) is 6.92 Å². The first-order chi connectivity index (χ1) is 13.8. The van der Waals surface area contributed by atoms with Crippen molar-refractivity contribution in [3.63, 3.8) is 0 Å². The lowest BCUT2D eigenvalue weighted by Gasteiger charge is -2.35. The Morgan fingerprint density at radius 3 is 2.52 bits per heavy atom. The van der Waals surface area contributed by atoms with Gasteiger partial charge in [0.2, 0.25) is 0 Å². The highest BCUT2D eigenvalue weighted by atomic mass is 32.2. The number of aromatic nitrogens is 1. The first-order valence-corrected chi connectivity index (χ1v) is 11.4. The van der Waals surface area contributed by atoms with E-state index < -0.39 is 5.60 Å². The summed E-state index contributed by atoms with van der Waals surface area (Å²) in [7, 11) is 2.19. The Morgan fingerprint density at radius 1 is 1.17 bits per heavy atom. The van der Waals surface area contributed by atoms with Gasteiger partial charge in [-0.05, 0) is 57.1 Å². The molecule has 4 rings (SSSR count). The van der Waals surface area contributed by atoms with Crippen LogP contribution >= 0.6 is 11.8 Å². The maximum absolute atomic E-state index is 9.85. The van der Waals surface area contributed by atoms with E-state index >= 15 is 0 Å². The molecule has 1 aromatic heterocycles. The second-order valence-electron chi connectivity index (χ2n) is 8.87. The fraction of sp³-hybridized carbons (Fsp3) is 0.522. The number of aliphatic hydroxyl groups is 1. The number of fused-ring (bicyclic) bond motifs is 1. The number of rotatable bonds is 5. The van der Waals surface area contributed by atoms with Crippen LogP contribution in [0.25, 0.3) is 11.3 Å². The Morgan fingerprint density at radius 2 is 1.86 bits per heavy atom. The summed E-state index contributed by atoms with van der Waals surface area (Å²) in [5.41, 5.74) is 2.70. The molecule has 29 heavy (non-hydrogen) atoms. The second kappa shape index (κ2) is 8.17. The highest BCUT2D eigenvalue weighted by Crippen LogP contribution is 2.45. The van der Waals surface area contributed by atoms with Gasteiger partial charge in [-0.2, -0.15) is 0 Å². The van der Waals surface area contributed by atoms with Crippen molar-refractivity contribution in [1.82, 2.24) is 9.88 Å². The molecule has 0 radical (unpaired) electrons. The molecule has 2 aliphatic rings. The lowest BCUT2D eigenvalue weighted by Crippen LogP contribution is -2.45. The highest BCUT2D eigenvalue weighted by Gasteiger charge is 2.29. The van der Waals surface area contributed by atoms with Gasteiger partial charge >= 0.3 is 0 Å². The van der Waals surface area contributed by atoms with Crippen molar-refractivity contribution in [3.05, 3.63) is 35.9 Å². The summed E-state index contributed by atoms with van der Waals surface area (Å²) in [6.45, 7) is 10.3. The van der Waals surface area contributed by atoms with Gasteiger partial charge in [0.05, 0.1) is 11.3 Å². The molecule has 156 valence electrons. The Labute approximate surface area is 178 Å². The SMILES string of the molecule is CC1CSc2cc(-c3ccc(OCC(C)(C)O)cc3)nc(N3CCN(C)CC3)c21. The fourth-order valence-electron chi connectivity index (χ4n) is 3.79. The molecular formula is C23H31N3O2S. The third-order valence-corrected chi connectivity index (χ3v) is 6.84. The molecule has 0 spiro atoms. The summed E-state index contributed by atoms with van der Waals surface area (Å²) in [6.07, 6.45) is 0. The van der Waals surface area contributed by atoms with E-state index in [2.05, 4.69) is 42.0 Å². The van der Waals surface area contributed by atoms with Crippen molar-refractivity contribution in [2.75, 3.05) is 50.5 Å². The average molecular weight is 414 g/mol. The minimum absolute atomic E-state index is 0.269. The molecule has 1 fully saturated rings. The van der Waals surface area contributed by atoms with Crippen LogP contribution in [0, 0.1) is 0 Å². The van der Waals surface area contributed by atoms with Crippen LogP contribution < -0.4 is 9.64 Å². The molecule has 1 N–H and O–H groups in total. The summed E-state index contributed by atoms with van der Waals surface area (Å²) in [6, 6.07) is 10.3. The first-order valence-electron chi connectivity index (χ1n) is 10.4. The van der Waals surface area contributed by atoms with E-state index in [1.165, 1.54) is 16.3 Å². The van der Waals surface area contributed by atoms with Crippen LogP contribution in [0.15, 0.2) is 35.2 Å². The third kappa shape index (κ3) is 4.71. The van der Waals surface area contributed by atoms with Crippen molar-refractivity contribution in [2.45, 2.75) is 37.2 Å². The summed E-state index contributed by atoms with van der Waals surface area (Å²) in [5, 5.41) is 9.85. The Kier molecular flexibility index (Phi) is 5.78. The molecule has 5 nitrogen and oxygen atoms in total. The third-order valence-electron chi connectivity index (χ3n) is 5.53. The molecule has 3 heterocycles. The number of likely N-dealkylation sites (N-methyl/N-ethyl adjacent to an activating group) is 1. The van der Waals surface area contributed by atoms with Crippen LogP contribution in [-0.4, -0.2) is 66.2 Å². The van der Waals surface area contributed by atoms with Gasteiger partial charge in [0, 0.05) is 48.0 Å². The molecule has 6 heteroatoms. The minimum atomic E-state index is -0.842. The fourth-order valence-corrected chi connectivity index (χ4v) is 5.03. The number of pyridine rings is 1. The quantitative estimate of drug-likeness (QED) is 0.803. The monoisotopic (exact) mass is 413 g/mol. The molecular weight excluding hydrogens is 382 g/mol. The lowest BCUT2D eigenvalue weighted by atomic mass is 10.0. The zero-order valence-electron chi connectivity index (χ0n) is 17.8. The van der Waals surface area contributed by atoms with Crippen LogP contribution in [0.2, 0.25) is 0 Å². The highest BCUT2D eigenvalue weighted by molar-refractivity contribution is 7.99. The van der Waals surface area contributed by atoms with E-state index in [4.69, 9.17) is 9.72 Å². The number of hydrogen-bond acceptors (Lipinski definition) is 6. The van der Waals surface area contributed by atoms with Gasteiger partial charge in [0.1, 0.15) is 18.2 Å². The number of thioether (sulfide) groups is 1. The normalized spacial score (nSPS) is 20.0. The van der Waals surface area contributed by atoms with Gasteiger partial charge in [0.25, 0.3) is 0 Å². The zero-order valence-corrected chi connectivity index (χ0v) is 18.6. The van der Waals surface area contributed by atoms with Crippen LogP contribution in [0.4, 0.5) is 5.82 Å². The average Bonchev–Trinajstić information content (AvgIpc) is 3.07. The van der Waals surface area contributed by atoms with E-state index in [9.17, 15) is 5.11 Å². The predicted octanol–water partition coefficient (Wildman–Crippen LogP) is 3.86. The molecule has 1 unspecified atom stereocenters. The Bertz CT molecular complexity index is 856. The molecule has 2 aliphatic heterocycles. The molecule has 0 amide bonds. The van der Waals surface area contributed by atoms with Gasteiger partial charge in [0.15, 0.2) is 0 Å². The standard InChI is InChI=1S/C23H31N3O2S/c1-16-14-29-20-13-19(17-5-7-18(8-6-17)28-15-23(2,3)27)24-22(21(16)20)26-11-9-25(4)10-12-26/h5-8,13,16,27H,9-12,14-15H2,1-4H3. The van der Waals surface area contributed by atoms with E-state index in [1.807, 2.05) is 23.9 Å². The zero-order chi connectivity index (χ0) is 20.6. The maximum Gasteiger partial charge on any atom is 0.133 e. The van der Waals surface area contributed by atoms with Crippen molar-refractivity contribution in [3.8, 4) is 17.0 Å². The molecule has 1 atom stereocenters. The van der Waals surface area contributed by atoms with Crippen molar-refractivity contribution in [2.24, 2.45) is 0 Å². The molecule has 2 aromatic rings. The van der Waals surface area contributed by atoms with Gasteiger partial charge in [-0.15, -0.1) is 11.8 Å². The Balaban J connectivity index is 1.62. The predicted molar refractivity (Wildman–Crippen MR) is 120 cm³/mol. The molecule has 1 saturated heterocycles. The molecule has 0 saturated carbocycles. The van der Waals surface area contributed by atoms with Crippen molar-refractivity contribution in [1.29, 1.82) is 0 Å². The van der Waals surface area contributed by atoms with E-state index in [0.717, 1.165) is 48.9 Å². The van der Waals surface area contributed by atoms with Crippen LogP contribution in [-0.2, 0) is 0 Å². The van der Waals surface area contributed by atoms with Gasteiger partial charge < -0.3 is 19.6 Å². The molecule has 0 aliphatic carbocycles. The number of piperazine rings is 1. The number of anilines is 1. The second-order valence-corrected chi connectivity index (χ2v) is 9.93. The maximum atomic E-state index is 9.85. The Hall–Kier alpha value is -1.76. The minimum Gasteiger partial charge on any atom is -0.491 e. The van der Waals surface area contributed by atoms with E-state index in [0.29, 0.717) is 5.92 Å². The summed E-state index contributed by atoms with van der Waals surface area (Å²) >= 11 is 1.95. The largest absolute Gasteiger partial charge is 0.491 e. The topological polar surface area (TPSA) is 48.8 Å². The van der Waals surface area contributed by atoms with Crippen LogP contribution in [0.1, 0.15) is 32.3 Å². The number of benzene rings is 1.